The summed E-state index contributed by atoms with van der Waals surface area (Å²) < 4.78 is 0.928. The maximum absolute atomic E-state index is 12.2. The highest BCUT2D eigenvalue weighted by molar-refractivity contribution is 9.11. The second-order valence-electron chi connectivity index (χ2n) is 4.35. The SMILES string of the molecule is CC1(C)C=C(Br)C=C(c2ccccn2)[NH+]1[O-]. The highest BCUT2D eigenvalue weighted by atomic mass is 79.9. The minimum Gasteiger partial charge on any atom is -0.628 e. The van der Waals surface area contributed by atoms with Crippen LogP contribution in [0.1, 0.15) is 19.5 Å². The molecule has 2 heterocycles. The topological polar surface area (TPSA) is 40.4 Å². The van der Waals surface area contributed by atoms with Gasteiger partial charge in [0, 0.05) is 16.8 Å². The van der Waals surface area contributed by atoms with Crippen LogP contribution in [0.5, 0.6) is 0 Å². The molecule has 1 aliphatic rings. The lowest BCUT2D eigenvalue weighted by atomic mass is 9.99. The number of quaternary nitrogens is 1. The summed E-state index contributed by atoms with van der Waals surface area (Å²) in [6, 6.07) is 5.58. The summed E-state index contributed by atoms with van der Waals surface area (Å²) in [7, 11) is 0. The molecule has 2 rings (SSSR count). The molecular weight excluding hydrogens is 268 g/mol. The van der Waals surface area contributed by atoms with Crippen LogP contribution in [0.4, 0.5) is 0 Å². The molecule has 0 saturated heterocycles. The van der Waals surface area contributed by atoms with E-state index in [1.807, 2.05) is 44.2 Å². The zero-order valence-corrected chi connectivity index (χ0v) is 10.8. The van der Waals surface area contributed by atoms with E-state index >= 15 is 0 Å². The Morgan fingerprint density at radius 1 is 1.38 bits per heavy atom. The highest BCUT2D eigenvalue weighted by Gasteiger charge is 2.30. The quantitative estimate of drug-likeness (QED) is 0.798. The van der Waals surface area contributed by atoms with Gasteiger partial charge in [-0.15, -0.1) is 0 Å². The van der Waals surface area contributed by atoms with E-state index in [1.54, 1.807) is 6.20 Å². The molecule has 0 bridgehead atoms. The monoisotopic (exact) mass is 280 g/mol. The van der Waals surface area contributed by atoms with Gasteiger partial charge in [0.05, 0.1) is 0 Å². The van der Waals surface area contributed by atoms with Gasteiger partial charge in [-0.1, -0.05) is 22.0 Å². The van der Waals surface area contributed by atoms with Crippen LogP contribution in [-0.4, -0.2) is 10.5 Å². The molecule has 0 amide bonds. The van der Waals surface area contributed by atoms with Crippen molar-refractivity contribution in [3.05, 3.63) is 51.9 Å². The maximum atomic E-state index is 12.2. The lowest BCUT2D eigenvalue weighted by molar-refractivity contribution is -0.819. The van der Waals surface area contributed by atoms with E-state index in [9.17, 15) is 5.21 Å². The molecule has 1 atom stereocenters. The number of halogens is 1. The summed E-state index contributed by atoms with van der Waals surface area (Å²) in [5.41, 5.74) is 0.922. The molecule has 16 heavy (non-hydrogen) atoms. The van der Waals surface area contributed by atoms with Gasteiger partial charge < -0.3 is 10.3 Å². The Balaban J connectivity index is 2.46. The number of nitrogens with zero attached hydrogens (tertiary/aromatic N) is 1. The molecule has 4 heteroatoms. The van der Waals surface area contributed by atoms with Crippen LogP contribution in [0.15, 0.2) is 41.0 Å². The van der Waals surface area contributed by atoms with E-state index in [0.29, 0.717) is 5.70 Å². The van der Waals surface area contributed by atoms with E-state index in [-0.39, 0.29) is 5.06 Å². The molecule has 84 valence electrons. The van der Waals surface area contributed by atoms with E-state index in [4.69, 9.17) is 0 Å². The van der Waals surface area contributed by atoms with Crippen LogP contribution in [0, 0.1) is 5.21 Å². The maximum Gasteiger partial charge on any atom is 0.158 e. The summed E-state index contributed by atoms with van der Waals surface area (Å²) in [6.45, 7) is 3.82. The second kappa shape index (κ2) is 4.13. The first-order valence-corrected chi connectivity index (χ1v) is 5.86. The van der Waals surface area contributed by atoms with Gasteiger partial charge in [-0.2, -0.15) is 0 Å². The third-order valence-corrected chi connectivity index (χ3v) is 3.01. The third kappa shape index (κ3) is 2.09. The van der Waals surface area contributed by atoms with Crippen molar-refractivity contribution in [2.45, 2.75) is 19.4 Å². The van der Waals surface area contributed by atoms with Gasteiger partial charge >= 0.3 is 0 Å². The Morgan fingerprint density at radius 3 is 2.75 bits per heavy atom. The zero-order chi connectivity index (χ0) is 11.8. The van der Waals surface area contributed by atoms with E-state index in [1.165, 1.54) is 0 Å². The molecule has 1 aromatic heterocycles. The summed E-state index contributed by atoms with van der Waals surface area (Å²) in [5.74, 6) is 0. The van der Waals surface area contributed by atoms with Crippen molar-refractivity contribution in [2.75, 3.05) is 0 Å². The summed E-state index contributed by atoms with van der Waals surface area (Å²) >= 11 is 3.43. The van der Waals surface area contributed by atoms with E-state index in [2.05, 4.69) is 20.9 Å². The lowest BCUT2D eigenvalue weighted by Crippen LogP contribution is -3.12. The van der Waals surface area contributed by atoms with Gasteiger partial charge in [-0.05, 0) is 32.1 Å². The molecule has 0 spiro atoms. The smallest absolute Gasteiger partial charge is 0.158 e. The largest absolute Gasteiger partial charge is 0.628 e. The molecule has 0 saturated carbocycles. The molecule has 1 aromatic rings. The summed E-state index contributed by atoms with van der Waals surface area (Å²) in [4.78, 5) is 4.22. The Kier molecular flexibility index (Phi) is 2.97. The van der Waals surface area contributed by atoms with E-state index < -0.39 is 5.54 Å². The Bertz CT molecular complexity index is 451. The molecule has 3 nitrogen and oxygen atoms in total. The Hall–Kier alpha value is -0.970. The number of aromatic nitrogens is 1. The number of allylic oxidation sites excluding steroid dienone is 2. The molecule has 1 N–H and O–H groups in total. The van der Waals surface area contributed by atoms with E-state index in [0.717, 1.165) is 10.2 Å². The highest BCUT2D eigenvalue weighted by Crippen LogP contribution is 2.22. The number of hydrogen-bond donors (Lipinski definition) is 1. The molecule has 0 aliphatic carbocycles. The minimum absolute atomic E-state index is 0.106. The standard InChI is InChI=1S/C12H13BrN2O/c1-12(2)8-9(13)7-11(15(12)16)10-5-3-4-6-14-10/h3-8,15H,1-2H3. The summed E-state index contributed by atoms with van der Waals surface area (Å²) in [5, 5.41) is 12.3. The van der Waals surface area contributed by atoms with Crippen LogP contribution in [-0.2, 0) is 0 Å². The van der Waals surface area contributed by atoms with Gasteiger partial charge in [-0.3, -0.25) is 4.98 Å². The fourth-order valence-electron chi connectivity index (χ4n) is 1.71. The number of pyridine rings is 1. The van der Waals surface area contributed by atoms with Gasteiger partial charge in [0.1, 0.15) is 11.2 Å². The fourth-order valence-corrected chi connectivity index (χ4v) is 2.52. The van der Waals surface area contributed by atoms with Crippen LogP contribution in [0.3, 0.4) is 0 Å². The normalized spacial score (nSPS) is 23.6. The number of rotatable bonds is 1. The van der Waals surface area contributed by atoms with Crippen LogP contribution in [0.2, 0.25) is 0 Å². The average molecular weight is 281 g/mol. The van der Waals surface area contributed by atoms with Gasteiger partial charge in [0.2, 0.25) is 0 Å². The number of nitrogens with one attached hydrogen (secondary N) is 1. The predicted octanol–water partition coefficient (Wildman–Crippen LogP) is 1.88. The first kappa shape index (κ1) is 11.5. The molecule has 0 radical (unpaired) electrons. The molecule has 1 aliphatic heterocycles. The fraction of sp³-hybridized carbons (Fsp3) is 0.250. The third-order valence-electron chi connectivity index (χ3n) is 2.55. The number of hydroxylamine groups is 2. The molecule has 1 unspecified atom stereocenters. The first-order chi connectivity index (χ1) is 7.50. The Labute approximate surface area is 103 Å². The van der Waals surface area contributed by atoms with Crippen LogP contribution < -0.4 is 5.06 Å². The lowest BCUT2D eigenvalue weighted by Gasteiger charge is -2.39. The van der Waals surface area contributed by atoms with Crippen LogP contribution in [0.25, 0.3) is 5.70 Å². The Morgan fingerprint density at radius 2 is 2.12 bits per heavy atom. The van der Waals surface area contributed by atoms with Crippen molar-refractivity contribution in [3.63, 3.8) is 0 Å². The van der Waals surface area contributed by atoms with Crippen molar-refractivity contribution in [3.8, 4) is 0 Å². The van der Waals surface area contributed by atoms with Crippen molar-refractivity contribution >= 4 is 21.6 Å². The number of hydrogen-bond acceptors (Lipinski definition) is 2. The molecular formula is C12H13BrN2O. The minimum atomic E-state index is -0.472. The van der Waals surface area contributed by atoms with Gasteiger partial charge in [0.15, 0.2) is 5.70 Å². The molecule has 0 fully saturated rings. The molecule has 0 aromatic carbocycles. The second-order valence-corrected chi connectivity index (χ2v) is 5.27. The summed E-state index contributed by atoms with van der Waals surface area (Å²) in [6.07, 6.45) is 5.44. The first-order valence-electron chi connectivity index (χ1n) is 5.07. The van der Waals surface area contributed by atoms with Crippen molar-refractivity contribution in [1.29, 1.82) is 0 Å². The van der Waals surface area contributed by atoms with Gasteiger partial charge in [-0.25, -0.2) is 0 Å². The van der Waals surface area contributed by atoms with Crippen molar-refractivity contribution < 1.29 is 5.06 Å². The van der Waals surface area contributed by atoms with Gasteiger partial charge in [0.25, 0.3) is 0 Å². The predicted molar refractivity (Wildman–Crippen MR) is 67.6 cm³/mol. The van der Waals surface area contributed by atoms with Crippen LogP contribution >= 0.6 is 15.9 Å². The average Bonchev–Trinajstić information content (AvgIpc) is 2.24. The zero-order valence-electron chi connectivity index (χ0n) is 9.20. The van der Waals surface area contributed by atoms with Crippen molar-refractivity contribution in [2.24, 2.45) is 0 Å². The van der Waals surface area contributed by atoms with Crippen molar-refractivity contribution in [1.82, 2.24) is 4.98 Å².